The molecule has 0 saturated heterocycles. The van der Waals surface area contributed by atoms with E-state index in [4.69, 9.17) is 4.42 Å². The molecule has 0 saturated carbocycles. The highest BCUT2D eigenvalue weighted by Gasteiger charge is 2.20. The fraction of sp³-hybridized carbons (Fsp3) is 0.208. The molecule has 2 heterocycles. The Morgan fingerprint density at radius 3 is 2.06 bits per heavy atom. The fourth-order valence-electron chi connectivity index (χ4n) is 3.26. The van der Waals surface area contributed by atoms with Gasteiger partial charge in [0.15, 0.2) is 0 Å². The molecule has 2 aromatic heterocycles. The molecule has 166 valence electrons. The highest BCUT2D eigenvalue weighted by molar-refractivity contribution is 8.24. The zero-order valence-electron chi connectivity index (χ0n) is 18.2. The summed E-state index contributed by atoms with van der Waals surface area (Å²) in [4.78, 5) is 4.85. The van der Waals surface area contributed by atoms with Crippen LogP contribution < -0.4 is 5.32 Å². The summed E-state index contributed by atoms with van der Waals surface area (Å²) in [5.41, 5.74) is 4.51. The minimum absolute atomic E-state index is 0.246. The lowest BCUT2D eigenvalue weighted by atomic mass is 10.1. The molecule has 4 rings (SSSR count). The van der Waals surface area contributed by atoms with E-state index >= 15 is 0 Å². The topological polar surface area (TPSA) is 104 Å². The van der Waals surface area contributed by atoms with E-state index in [1.807, 2.05) is 49.5 Å². The monoisotopic (exact) mass is 450 g/mol. The lowest BCUT2D eigenvalue weighted by Crippen LogP contribution is -2.10. The molecule has 32 heavy (non-hydrogen) atoms. The number of hydrogen-bond donors (Lipinski definition) is 3. The molecule has 0 aliphatic rings. The number of pyridine rings is 1. The van der Waals surface area contributed by atoms with E-state index in [2.05, 4.69) is 20.5 Å². The van der Waals surface area contributed by atoms with Crippen LogP contribution in [0.1, 0.15) is 19.4 Å². The molecule has 0 amide bonds. The minimum Gasteiger partial charge on any atom is -0.416 e. The molecule has 0 aliphatic carbocycles. The maximum Gasteiger partial charge on any atom is 0.249 e. The van der Waals surface area contributed by atoms with Crippen molar-refractivity contribution in [2.45, 2.75) is 30.5 Å². The van der Waals surface area contributed by atoms with Gasteiger partial charge in [-0.2, -0.15) is 10.6 Å². The molecule has 0 bridgehead atoms. The van der Waals surface area contributed by atoms with E-state index in [9.17, 15) is 9.11 Å². The van der Waals surface area contributed by atoms with E-state index in [-0.39, 0.29) is 5.25 Å². The van der Waals surface area contributed by atoms with Gasteiger partial charge in [-0.05, 0) is 62.4 Å². The molecule has 0 aliphatic heterocycles. The Hall–Kier alpha value is -3.04. The quantitative estimate of drug-likeness (QED) is 0.331. The predicted molar refractivity (Wildman–Crippen MR) is 127 cm³/mol. The van der Waals surface area contributed by atoms with Gasteiger partial charge in [-0.3, -0.25) is 14.1 Å². The van der Waals surface area contributed by atoms with Gasteiger partial charge in [0.1, 0.15) is 0 Å². The van der Waals surface area contributed by atoms with Crippen molar-refractivity contribution < 1.29 is 13.5 Å². The lowest BCUT2D eigenvalue weighted by Gasteiger charge is -2.36. The summed E-state index contributed by atoms with van der Waals surface area (Å²) < 4.78 is 26.6. The smallest absolute Gasteiger partial charge is 0.249 e. The van der Waals surface area contributed by atoms with Crippen LogP contribution in [0.2, 0.25) is 0 Å². The van der Waals surface area contributed by atoms with Crippen LogP contribution in [0, 0.1) is 0 Å². The zero-order valence-corrected chi connectivity index (χ0v) is 19.0. The SMILES string of the molecule is CNCc1ccc(-c2nnc(-c3cncc(-c4ccc(S(O)(O)C(C)C)cc4)c3)o2)cc1. The highest BCUT2D eigenvalue weighted by atomic mass is 32.3. The lowest BCUT2D eigenvalue weighted by molar-refractivity contribution is 0.476. The summed E-state index contributed by atoms with van der Waals surface area (Å²) in [6, 6.07) is 17.1. The number of nitrogens with one attached hydrogen (secondary N) is 1. The van der Waals surface area contributed by atoms with E-state index in [1.54, 1.807) is 38.4 Å². The van der Waals surface area contributed by atoms with Crippen molar-refractivity contribution >= 4 is 10.6 Å². The van der Waals surface area contributed by atoms with Gasteiger partial charge in [0, 0.05) is 35.3 Å². The van der Waals surface area contributed by atoms with Gasteiger partial charge in [0.05, 0.1) is 10.5 Å². The van der Waals surface area contributed by atoms with Gasteiger partial charge >= 0.3 is 0 Å². The van der Waals surface area contributed by atoms with Crippen LogP contribution in [0.5, 0.6) is 0 Å². The van der Waals surface area contributed by atoms with Crippen LogP contribution in [0.25, 0.3) is 34.0 Å². The van der Waals surface area contributed by atoms with Crippen LogP contribution in [0.3, 0.4) is 0 Å². The van der Waals surface area contributed by atoms with E-state index in [0.717, 1.165) is 23.2 Å². The number of rotatable bonds is 7. The fourth-order valence-corrected chi connectivity index (χ4v) is 4.34. The normalized spacial score (nSPS) is 12.3. The number of aromatic nitrogens is 3. The molecule has 3 N–H and O–H groups in total. The number of hydrogen-bond acceptors (Lipinski definition) is 7. The average molecular weight is 451 g/mol. The highest BCUT2D eigenvalue weighted by Crippen LogP contribution is 2.52. The van der Waals surface area contributed by atoms with Crippen LogP contribution in [0.4, 0.5) is 0 Å². The zero-order chi connectivity index (χ0) is 22.7. The van der Waals surface area contributed by atoms with E-state index in [0.29, 0.717) is 22.2 Å². The molecule has 2 aromatic carbocycles. The van der Waals surface area contributed by atoms with Crippen molar-refractivity contribution in [3.05, 3.63) is 72.6 Å². The van der Waals surface area contributed by atoms with Crippen molar-refractivity contribution in [3.63, 3.8) is 0 Å². The summed E-state index contributed by atoms with van der Waals surface area (Å²) in [7, 11) is -0.899. The summed E-state index contributed by atoms with van der Waals surface area (Å²) >= 11 is 0. The Balaban J connectivity index is 1.57. The molecular formula is C24H26N4O3S. The van der Waals surface area contributed by atoms with Crippen molar-refractivity contribution in [3.8, 4) is 34.0 Å². The Morgan fingerprint density at radius 1 is 0.844 bits per heavy atom. The first-order valence-corrected chi connectivity index (χ1v) is 11.9. The second-order valence-corrected chi connectivity index (χ2v) is 10.4. The van der Waals surface area contributed by atoms with Gasteiger partial charge in [-0.25, -0.2) is 0 Å². The van der Waals surface area contributed by atoms with Gasteiger partial charge in [0.2, 0.25) is 11.8 Å². The van der Waals surface area contributed by atoms with Gasteiger partial charge in [0.25, 0.3) is 0 Å². The van der Waals surface area contributed by atoms with Gasteiger partial charge in [-0.15, -0.1) is 10.2 Å². The third kappa shape index (κ3) is 4.58. The molecule has 0 fully saturated rings. The maximum atomic E-state index is 10.4. The van der Waals surface area contributed by atoms with E-state index < -0.39 is 10.6 Å². The van der Waals surface area contributed by atoms with Crippen LogP contribution in [0.15, 0.2) is 76.3 Å². The molecule has 0 unspecified atom stereocenters. The standard InChI is InChI=1S/C24H26N4O3S/c1-16(2)32(29,30)22-10-8-18(9-11-22)20-12-21(15-26-14-20)24-28-27-23(31-24)19-6-4-17(5-7-19)13-25-3/h4-12,14-16,25,29-30H,13H2,1-3H3. The maximum absolute atomic E-state index is 10.4. The second-order valence-electron chi connectivity index (χ2n) is 7.77. The molecule has 0 atom stereocenters. The molecular weight excluding hydrogens is 424 g/mol. The summed E-state index contributed by atoms with van der Waals surface area (Å²) in [5.74, 6) is 0.837. The second kappa shape index (κ2) is 9.22. The van der Waals surface area contributed by atoms with E-state index in [1.165, 1.54) is 5.56 Å². The predicted octanol–water partition coefficient (Wildman–Crippen LogP) is 5.70. The third-order valence-electron chi connectivity index (χ3n) is 5.18. The van der Waals surface area contributed by atoms with Crippen LogP contribution in [-0.2, 0) is 6.54 Å². The van der Waals surface area contributed by atoms with Crippen molar-refractivity contribution in [1.29, 1.82) is 0 Å². The Morgan fingerprint density at radius 2 is 1.44 bits per heavy atom. The van der Waals surface area contributed by atoms with Gasteiger partial charge < -0.3 is 9.73 Å². The average Bonchev–Trinajstić information content (AvgIpc) is 3.30. The summed E-state index contributed by atoms with van der Waals surface area (Å²) in [6.07, 6.45) is 3.43. The molecule has 8 heteroatoms. The van der Waals surface area contributed by atoms with Crippen LogP contribution in [-0.4, -0.2) is 36.6 Å². The minimum atomic E-state index is -2.81. The molecule has 0 radical (unpaired) electrons. The van der Waals surface area contributed by atoms with Crippen molar-refractivity contribution in [1.82, 2.24) is 20.5 Å². The van der Waals surface area contributed by atoms with Crippen molar-refractivity contribution in [2.24, 2.45) is 0 Å². The Bertz CT molecular complexity index is 1190. The molecule has 0 spiro atoms. The number of benzene rings is 2. The van der Waals surface area contributed by atoms with Gasteiger partial charge in [-0.1, -0.05) is 24.3 Å². The third-order valence-corrected chi connectivity index (χ3v) is 7.46. The summed E-state index contributed by atoms with van der Waals surface area (Å²) in [6.45, 7) is 4.39. The first-order valence-electron chi connectivity index (χ1n) is 10.3. The Kier molecular flexibility index (Phi) is 6.38. The molecule has 7 nitrogen and oxygen atoms in total. The largest absolute Gasteiger partial charge is 0.416 e. The van der Waals surface area contributed by atoms with Crippen molar-refractivity contribution in [2.75, 3.05) is 7.05 Å². The summed E-state index contributed by atoms with van der Waals surface area (Å²) in [5, 5.41) is 11.2. The first-order chi connectivity index (χ1) is 15.4. The first kappa shape index (κ1) is 22.2. The number of nitrogens with zero attached hydrogens (tertiary/aromatic N) is 3. The Labute approximate surface area is 188 Å². The molecule has 4 aromatic rings. The van der Waals surface area contributed by atoms with Crippen LogP contribution >= 0.6 is 10.6 Å².